The van der Waals surface area contributed by atoms with Gasteiger partial charge in [0, 0.05) is 19.1 Å². The predicted octanol–water partition coefficient (Wildman–Crippen LogP) is 0.176. The number of halogens is 1. The first-order valence-electron chi connectivity index (χ1n) is 7.74. The Morgan fingerprint density at radius 3 is 2.76 bits per heavy atom. The number of fused-ring (bicyclic) bond motifs is 1. The van der Waals surface area contributed by atoms with E-state index in [0.717, 1.165) is 31.6 Å². The van der Waals surface area contributed by atoms with Crippen LogP contribution in [0.25, 0.3) is 0 Å². The average molecular weight is 292 g/mol. The van der Waals surface area contributed by atoms with Crippen LogP contribution in [-0.4, -0.2) is 59.2 Å². The van der Waals surface area contributed by atoms with Gasteiger partial charge in [-0.05, 0) is 62.1 Å². The largest absolute Gasteiger partial charge is 0.488 e. The zero-order valence-electron chi connectivity index (χ0n) is 12.2. The Kier molecular flexibility index (Phi) is 4.59. The van der Waals surface area contributed by atoms with Crippen molar-refractivity contribution in [2.75, 3.05) is 26.2 Å². The van der Waals surface area contributed by atoms with Gasteiger partial charge >= 0.3 is 7.12 Å². The first-order valence-corrected chi connectivity index (χ1v) is 7.74. The van der Waals surface area contributed by atoms with E-state index in [9.17, 15) is 14.4 Å². The Morgan fingerprint density at radius 2 is 1.95 bits per heavy atom. The number of nitrogens with zero attached hydrogens (tertiary/aromatic N) is 2. The highest BCUT2D eigenvalue weighted by atomic mass is 19.1. The molecule has 0 radical (unpaired) electrons. The summed E-state index contributed by atoms with van der Waals surface area (Å²) in [6.45, 7) is 5.07. The third-order valence-electron chi connectivity index (χ3n) is 4.57. The standard InChI is InChI=1S/C15H22BFN2O2/c17-14-8-12(7-13(9-14)16(20)21)10-18-4-2-6-19-5-1-3-15(19)11-18/h7-9,15,20-21H,1-6,10-11H2. The smallest absolute Gasteiger partial charge is 0.423 e. The van der Waals surface area contributed by atoms with E-state index in [4.69, 9.17) is 0 Å². The topological polar surface area (TPSA) is 46.9 Å². The van der Waals surface area contributed by atoms with Crippen LogP contribution >= 0.6 is 0 Å². The molecule has 2 aliphatic heterocycles. The zero-order chi connectivity index (χ0) is 14.8. The summed E-state index contributed by atoms with van der Waals surface area (Å²) < 4.78 is 13.6. The quantitative estimate of drug-likeness (QED) is 0.780. The van der Waals surface area contributed by atoms with Gasteiger partial charge in [-0.2, -0.15) is 0 Å². The Morgan fingerprint density at radius 1 is 1.14 bits per heavy atom. The fourth-order valence-electron chi connectivity index (χ4n) is 3.60. The second kappa shape index (κ2) is 6.44. The maximum atomic E-state index is 13.6. The summed E-state index contributed by atoms with van der Waals surface area (Å²) in [5.41, 5.74) is 1.03. The van der Waals surface area contributed by atoms with Gasteiger partial charge in [0.15, 0.2) is 0 Å². The third-order valence-corrected chi connectivity index (χ3v) is 4.57. The molecule has 3 rings (SSSR count). The van der Waals surface area contributed by atoms with E-state index in [-0.39, 0.29) is 5.46 Å². The summed E-state index contributed by atoms with van der Waals surface area (Å²) in [6, 6.07) is 4.98. The second-order valence-electron chi connectivity index (χ2n) is 6.19. The molecule has 1 aromatic carbocycles. The molecule has 21 heavy (non-hydrogen) atoms. The fraction of sp³-hybridized carbons (Fsp3) is 0.600. The predicted molar refractivity (Wildman–Crippen MR) is 80.7 cm³/mol. The molecule has 1 unspecified atom stereocenters. The van der Waals surface area contributed by atoms with Crippen LogP contribution in [0.3, 0.4) is 0 Å². The van der Waals surface area contributed by atoms with Crippen molar-refractivity contribution >= 4 is 12.6 Å². The van der Waals surface area contributed by atoms with Gasteiger partial charge in [0.1, 0.15) is 5.82 Å². The van der Waals surface area contributed by atoms with Crippen molar-refractivity contribution in [2.45, 2.75) is 31.8 Å². The monoisotopic (exact) mass is 292 g/mol. The van der Waals surface area contributed by atoms with Gasteiger partial charge in [-0.1, -0.05) is 6.07 Å². The minimum atomic E-state index is -1.62. The molecule has 114 valence electrons. The Labute approximate surface area is 125 Å². The summed E-state index contributed by atoms with van der Waals surface area (Å²) in [6.07, 6.45) is 3.67. The van der Waals surface area contributed by atoms with E-state index in [1.54, 1.807) is 6.07 Å². The molecule has 4 nitrogen and oxygen atoms in total. The number of hydrogen-bond acceptors (Lipinski definition) is 4. The first-order chi connectivity index (χ1) is 10.1. The Bertz CT molecular complexity index is 501. The fourth-order valence-corrected chi connectivity index (χ4v) is 3.60. The molecule has 2 fully saturated rings. The molecule has 1 aromatic rings. The maximum absolute atomic E-state index is 13.6. The zero-order valence-corrected chi connectivity index (χ0v) is 12.2. The summed E-state index contributed by atoms with van der Waals surface area (Å²) in [4.78, 5) is 4.92. The summed E-state index contributed by atoms with van der Waals surface area (Å²) in [5.74, 6) is -0.409. The van der Waals surface area contributed by atoms with Crippen molar-refractivity contribution in [2.24, 2.45) is 0 Å². The minimum Gasteiger partial charge on any atom is -0.423 e. The Balaban J connectivity index is 1.70. The van der Waals surface area contributed by atoms with Crippen LogP contribution in [0.5, 0.6) is 0 Å². The van der Waals surface area contributed by atoms with Crippen molar-refractivity contribution in [1.82, 2.24) is 9.80 Å². The van der Waals surface area contributed by atoms with Crippen molar-refractivity contribution < 1.29 is 14.4 Å². The molecule has 2 aliphatic rings. The normalized spacial score (nSPS) is 23.9. The highest BCUT2D eigenvalue weighted by Crippen LogP contribution is 2.22. The number of rotatable bonds is 3. The molecule has 2 N–H and O–H groups in total. The van der Waals surface area contributed by atoms with Crippen LogP contribution in [0, 0.1) is 5.82 Å². The molecular formula is C15H22BFN2O2. The van der Waals surface area contributed by atoms with Crippen LogP contribution in [0.2, 0.25) is 0 Å². The van der Waals surface area contributed by atoms with Crippen LogP contribution in [0.4, 0.5) is 4.39 Å². The highest BCUT2D eigenvalue weighted by molar-refractivity contribution is 6.58. The van der Waals surface area contributed by atoms with E-state index in [2.05, 4.69) is 9.80 Å². The summed E-state index contributed by atoms with van der Waals surface area (Å²) >= 11 is 0. The summed E-state index contributed by atoms with van der Waals surface area (Å²) in [5, 5.41) is 18.4. The molecule has 0 saturated carbocycles. The lowest BCUT2D eigenvalue weighted by molar-refractivity contribution is 0.215. The van der Waals surface area contributed by atoms with Gasteiger partial charge in [0.25, 0.3) is 0 Å². The van der Waals surface area contributed by atoms with Crippen LogP contribution in [0.1, 0.15) is 24.8 Å². The van der Waals surface area contributed by atoms with Crippen molar-refractivity contribution in [1.29, 1.82) is 0 Å². The molecule has 0 amide bonds. The average Bonchev–Trinajstić information content (AvgIpc) is 2.77. The second-order valence-corrected chi connectivity index (χ2v) is 6.19. The SMILES string of the molecule is OB(O)c1cc(F)cc(CN2CCCN3CCCC3C2)c1. The van der Waals surface area contributed by atoms with Gasteiger partial charge in [0.05, 0.1) is 0 Å². The lowest BCUT2D eigenvalue weighted by Crippen LogP contribution is -2.36. The van der Waals surface area contributed by atoms with Crippen LogP contribution in [0.15, 0.2) is 18.2 Å². The maximum Gasteiger partial charge on any atom is 0.488 e. The molecule has 6 heteroatoms. The first kappa shape index (κ1) is 15.0. The molecule has 0 bridgehead atoms. The van der Waals surface area contributed by atoms with E-state index in [1.165, 1.54) is 31.5 Å². The van der Waals surface area contributed by atoms with Gasteiger partial charge in [0.2, 0.25) is 0 Å². The van der Waals surface area contributed by atoms with Crippen LogP contribution in [-0.2, 0) is 6.54 Å². The van der Waals surface area contributed by atoms with Gasteiger partial charge in [-0.15, -0.1) is 0 Å². The van der Waals surface area contributed by atoms with Crippen molar-refractivity contribution in [3.63, 3.8) is 0 Å². The lowest BCUT2D eigenvalue weighted by Gasteiger charge is -2.25. The lowest BCUT2D eigenvalue weighted by atomic mass is 9.79. The molecular weight excluding hydrogens is 270 g/mol. The molecule has 2 heterocycles. The summed E-state index contributed by atoms with van der Waals surface area (Å²) in [7, 11) is -1.62. The number of benzene rings is 1. The molecule has 0 aromatic heterocycles. The van der Waals surface area contributed by atoms with E-state index >= 15 is 0 Å². The highest BCUT2D eigenvalue weighted by Gasteiger charge is 2.28. The third kappa shape index (κ3) is 3.63. The molecule has 0 spiro atoms. The van der Waals surface area contributed by atoms with Gasteiger partial charge in [-0.25, -0.2) is 4.39 Å². The minimum absolute atomic E-state index is 0.224. The van der Waals surface area contributed by atoms with Gasteiger partial charge in [-0.3, -0.25) is 9.80 Å². The van der Waals surface area contributed by atoms with Crippen LogP contribution < -0.4 is 5.46 Å². The number of hydrogen-bond donors (Lipinski definition) is 2. The molecule has 0 aliphatic carbocycles. The van der Waals surface area contributed by atoms with Crippen molar-refractivity contribution in [3.8, 4) is 0 Å². The Hall–Kier alpha value is -0.945. The van der Waals surface area contributed by atoms with Crippen molar-refractivity contribution in [3.05, 3.63) is 29.6 Å². The van der Waals surface area contributed by atoms with E-state index < -0.39 is 12.9 Å². The molecule has 2 saturated heterocycles. The van der Waals surface area contributed by atoms with E-state index in [0.29, 0.717) is 12.6 Å². The van der Waals surface area contributed by atoms with Gasteiger partial charge < -0.3 is 10.0 Å². The van der Waals surface area contributed by atoms with E-state index in [1.807, 2.05) is 0 Å². The molecule has 1 atom stereocenters.